The molecule has 3 rings (SSSR count). The summed E-state index contributed by atoms with van der Waals surface area (Å²) in [6, 6.07) is 10.4. The molecule has 1 aliphatic rings. The standard InChI is InChI=1S/C17H17ClN2O2S/c18-15-9-8-14(23-15)16(21)19-13-6-4-12(5-7-13)17(22)20-10-2-1-3-11-20/h4-9H,1-3,10-11H2,(H,19,21). The molecule has 0 bridgehead atoms. The number of carbonyl (C=O) groups excluding carboxylic acids is 2. The number of rotatable bonds is 3. The average molecular weight is 349 g/mol. The summed E-state index contributed by atoms with van der Waals surface area (Å²) in [4.78, 5) is 26.9. The second kappa shape index (κ2) is 7.15. The lowest BCUT2D eigenvalue weighted by Gasteiger charge is -2.26. The third-order valence-electron chi connectivity index (χ3n) is 3.83. The normalized spacial score (nSPS) is 14.6. The van der Waals surface area contributed by atoms with Crippen LogP contribution in [0.4, 0.5) is 5.69 Å². The van der Waals surface area contributed by atoms with Gasteiger partial charge in [0.25, 0.3) is 11.8 Å². The molecule has 1 saturated heterocycles. The monoisotopic (exact) mass is 348 g/mol. The number of anilines is 1. The number of hydrogen-bond donors (Lipinski definition) is 1. The predicted molar refractivity (Wildman–Crippen MR) is 93.5 cm³/mol. The molecular formula is C17H17ClN2O2S. The maximum atomic E-state index is 12.4. The van der Waals surface area contributed by atoms with Gasteiger partial charge in [-0.15, -0.1) is 11.3 Å². The van der Waals surface area contributed by atoms with Gasteiger partial charge in [-0.2, -0.15) is 0 Å². The van der Waals surface area contributed by atoms with Crippen LogP contribution < -0.4 is 5.32 Å². The third-order valence-corrected chi connectivity index (χ3v) is 5.06. The maximum absolute atomic E-state index is 12.4. The zero-order valence-corrected chi connectivity index (χ0v) is 14.1. The van der Waals surface area contributed by atoms with Gasteiger partial charge in [-0.1, -0.05) is 11.6 Å². The smallest absolute Gasteiger partial charge is 0.265 e. The van der Waals surface area contributed by atoms with Gasteiger partial charge in [-0.05, 0) is 55.7 Å². The first-order valence-corrected chi connectivity index (χ1v) is 8.79. The minimum absolute atomic E-state index is 0.0626. The number of nitrogens with one attached hydrogen (secondary N) is 1. The van der Waals surface area contributed by atoms with Crippen molar-refractivity contribution in [3.05, 3.63) is 51.2 Å². The van der Waals surface area contributed by atoms with Crippen LogP contribution in [0.5, 0.6) is 0 Å². The van der Waals surface area contributed by atoms with Crippen molar-refractivity contribution < 1.29 is 9.59 Å². The molecule has 0 spiro atoms. The Balaban J connectivity index is 1.64. The maximum Gasteiger partial charge on any atom is 0.265 e. The van der Waals surface area contributed by atoms with Crippen molar-refractivity contribution in [2.24, 2.45) is 0 Å². The number of carbonyl (C=O) groups is 2. The quantitative estimate of drug-likeness (QED) is 0.900. The zero-order chi connectivity index (χ0) is 16.2. The summed E-state index contributed by atoms with van der Waals surface area (Å²) < 4.78 is 0.581. The first-order chi connectivity index (χ1) is 11.1. The van der Waals surface area contributed by atoms with Gasteiger partial charge in [0.15, 0.2) is 0 Å². The van der Waals surface area contributed by atoms with Crippen molar-refractivity contribution >= 4 is 40.4 Å². The van der Waals surface area contributed by atoms with Crippen molar-refractivity contribution in [1.82, 2.24) is 4.90 Å². The Morgan fingerprint density at radius 2 is 1.70 bits per heavy atom. The number of halogens is 1. The second-order valence-electron chi connectivity index (χ2n) is 5.49. The molecule has 23 heavy (non-hydrogen) atoms. The van der Waals surface area contributed by atoms with Crippen LogP contribution in [0, 0.1) is 0 Å². The van der Waals surface area contributed by atoms with E-state index in [1.165, 1.54) is 17.8 Å². The molecular weight excluding hydrogens is 332 g/mol. The van der Waals surface area contributed by atoms with Crippen molar-refractivity contribution in [2.75, 3.05) is 18.4 Å². The Morgan fingerprint density at radius 1 is 1.00 bits per heavy atom. The minimum Gasteiger partial charge on any atom is -0.339 e. The largest absolute Gasteiger partial charge is 0.339 e. The molecule has 2 heterocycles. The average Bonchev–Trinajstić information content (AvgIpc) is 3.02. The highest BCUT2D eigenvalue weighted by Crippen LogP contribution is 2.22. The molecule has 1 fully saturated rings. The molecule has 6 heteroatoms. The lowest BCUT2D eigenvalue weighted by Crippen LogP contribution is -2.35. The number of hydrogen-bond acceptors (Lipinski definition) is 3. The van der Waals surface area contributed by atoms with Gasteiger partial charge >= 0.3 is 0 Å². The Labute approximate surface area is 144 Å². The minimum atomic E-state index is -0.197. The van der Waals surface area contributed by atoms with Gasteiger partial charge in [-0.25, -0.2) is 0 Å². The van der Waals surface area contributed by atoms with E-state index in [9.17, 15) is 9.59 Å². The van der Waals surface area contributed by atoms with Crippen molar-refractivity contribution in [2.45, 2.75) is 19.3 Å². The first kappa shape index (κ1) is 16.0. The fourth-order valence-corrected chi connectivity index (χ4v) is 3.54. The number of nitrogens with zero attached hydrogens (tertiary/aromatic N) is 1. The second-order valence-corrected chi connectivity index (χ2v) is 7.20. The summed E-state index contributed by atoms with van der Waals surface area (Å²) in [5.74, 6) is -0.135. The fraction of sp³-hybridized carbons (Fsp3) is 0.294. The summed E-state index contributed by atoms with van der Waals surface area (Å²) in [6.45, 7) is 1.66. The highest BCUT2D eigenvalue weighted by Gasteiger charge is 2.18. The molecule has 0 unspecified atom stereocenters. The van der Waals surface area contributed by atoms with Gasteiger partial charge in [0.05, 0.1) is 9.21 Å². The summed E-state index contributed by atoms with van der Waals surface area (Å²) in [7, 11) is 0. The third kappa shape index (κ3) is 3.92. The van der Waals surface area contributed by atoms with Crippen LogP contribution in [-0.4, -0.2) is 29.8 Å². The number of piperidine rings is 1. The Morgan fingerprint density at radius 3 is 2.30 bits per heavy atom. The molecule has 2 amide bonds. The summed E-state index contributed by atoms with van der Waals surface area (Å²) in [5, 5.41) is 2.81. The summed E-state index contributed by atoms with van der Waals surface area (Å²) >= 11 is 7.07. The lowest BCUT2D eigenvalue weighted by molar-refractivity contribution is 0.0724. The van der Waals surface area contributed by atoms with E-state index in [-0.39, 0.29) is 11.8 Å². The van der Waals surface area contributed by atoms with E-state index >= 15 is 0 Å². The number of thiophene rings is 1. The molecule has 0 saturated carbocycles. The predicted octanol–water partition coefficient (Wildman–Crippen LogP) is 4.28. The lowest BCUT2D eigenvalue weighted by atomic mass is 10.1. The van der Waals surface area contributed by atoms with E-state index in [4.69, 9.17) is 11.6 Å². The first-order valence-electron chi connectivity index (χ1n) is 7.59. The Hall–Kier alpha value is -1.85. The van der Waals surface area contributed by atoms with Gasteiger partial charge in [0, 0.05) is 24.3 Å². The van der Waals surface area contributed by atoms with Gasteiger partial charge < -0.3 is 10.2 Å². The molecule has 120 valence electrons. The van der Waals surface area contributed by atoms with Gasteiger partial charge in [0.1, 0.15) is 0 Å². The zero-order valence-electron chi connectivity index (χ0n) is 12.5. The van der Waals surface area contributed by atoms with Gasteiger partial charge in [0.2, 0.25) is 0 Å². The number of amides is 2. The molecule has 0 atom stereocenters. The molecule has 1 aliphatic heterocycles. The van der Waals surface area contributed by atoms with Gasteiger partial charge in [-0.3, -0.25) is 9.59 Å². The van der Waals surface area contributed by atoms with Crippen LogP contribution in [0.25, 0.3) is 0 Å². The molecule has 0 radical (unpaired) electrons. The van der Waals surface area contributed by atoms with E-state index in [2.05, 4.69) is 5.32 Å². The van der Waals surface area contributed by atoms with Crippen LogP contribution >= 0.6 is 22.9 Å². The highest BCUT2D eigenvalue weighted by molar-refractivity contribution is 7.18. The van der Waals surface area contributed by atoms with E-state index in [0.717, 1.165) is 25.9 Å². The van der Waals surface area contributed by atoms with Crippen LogP contribution in [0.2, 0.25) is 4.34 Å². The molecule has 2 aromatic rings. The number of benzene rings is 1. The molecule has 1 N–H and O–H groups in total. The molecule has 0 aliphatic carbocycles. The summed E-state index contributed by atoms with van der Waals surface area (Å²) in [5.41, 5.74) is 1.32. The van der Waals surface area contributed by atoms with Crippen molar-refractivity contribution in [3.8, 4) is 0 Å². The summed E-state index contributed by atoms with van der Waals surface area (Å²) in [6.07, 6.45) is 3.34. The van der Waals surface area contributed by atoms with E-state index < -0.39 is 0 Å². The topological polar surface area (TPSA) is 49.4 Å². The van der Waals surface area contributed by atoms with Crippen LogP contribution in [-0.2, 0) is 0 Å². The molecule has 4 nitrogen and oxygen atoms in total. The van der Waals surface area contributed by atoms with Crippen LogP contribution in [0.15, 0.2) is 36.4 Å². The fourth-order valence-electron chi connectivity index (χ4n) is 2.60. The van der Waals surface area contributed by atoms with Crippen LogP contribution in [0.3, 0.4) is 0 Å². The van der Waals surface area contributed by atoms with E-state index in [1.54, 1.807) is 36.4 Å². The number of likely N-dealkylation sites (tertiary alicyclic amines) is 1. The molecule has 1 aromatic carbocycles. The molecule has 1 aromatic heterocycles. The van der Waals surface area contributed by atoms with Crippen LogP contribution in [0.1, 0.15) is 39.3 Å². The van der Waals surface area contributed by atoms with E-state index in [1.807, 2.05) is 4.90 Å². The Kier molecular flexibility index (Phi) is 4.98. The SMILES string of the molecule is O=C(Nc1ccc(C(=O)N2CCCCC2)cc1)c1ccc(Cl)s1. The Bertz CT molecular complexity index is 706. The highest BCUT2D eigenvalue weighted by atomic mass is 35.5. The van der Waals surface area contributed by atoms with E-state index in [0.29, 0.717) is 20.5 Å². The van der Waals surface area contributed by atoms with Crippen molar-refractivity contribution in [3.63, 3.8) is 0 Å². The van der Waals surface area contributed by atoms with Crippen molar-refractivity contribution in [1.29, 1.82) is 0 Å².